The second kappa shape index (κ2) is 9.10. The van der Waals surface area contributed by atoms with Crippen LogP contribution in [-0.2, 0) is 0 Å². The molecule has 0 radical (unpaired) electrons. The van der Waals surface area contributed by atoms with E-state index in [0.29, 0.717) is 9.26 Å². The Labute approximate surface area is 201 Å². The number of rotatable bonds is 6. The molecule has 4 rings (SSSR count). The maximum atomic E-state index is 14.6. The van der Waals surface area contributed by atoms with Gasteiger partial charge in [-0.2, -0.15) is 0 Å². The minimum Gasteiger partial charge on any atom is -0.506 e. The highest BCUT2D eigenvalue weighted by Gasteiger charge is 2.44. The summed E-state index contributed by atoms with van der Waals surface area (Å²) in [5.74, 6) is -3.80. The Balaban J connectivity index is 1.50. The van der Waals surface area contributed by atoms with Crippen molar-refractivity contribution in [2.24, 2.45) is 0 Å². The lowest BCUT2D eigenvalue weighted by Gasteiger charge is -2.46. The first-order valence-electron chi connectivity index (χ1n) is 9.90. The number of carbonyl (C=O) groups excluding carboxylic acids is 1. The molecular weight excluding hydrogens is 550 g/mol. The van der Waals surface area contributed by atoms with Gasteiger partial charge in [-0.25, -0.2) is 13.2 Å². The molecule has 1 aliphatic rings. The summed E-state index contributed by atoms with van der Waals surface area (Å²) < 4.78 is 43.4. The zero-order valence-electron chi connectivity index (χ0n) is 17.1. The SMILES string of the molecule is O=C(c1ccc(F)c(F)c1Nc1ccc(I)cc1F)N1CC(O)(CNc2ccccc2O)C1. The molecule has 0 atom stereocenters. The van der Waals surface area contributed by atoms with Gasteiger partial charge in [-0.3, -0.25) is 4.79 Å². The topological polar surface area (TPSA) is 84.8 Å². The molecule has 1 fully saturated rings. The number of benzene rings is 3. The summed E-state index contributed by atoms with van der Waals surface area (Å²) in [7, 11) is 0. The quantitative estimate of drug-likeness (QED) is 0.261. The predicted molar refractivity (Wildman–Crippen MR) is 126 cm³/mol. The number of nitrogens with zero attached hydrogens (tertiary/aromatic N) is 1. The van der Waals surface area contributed by atoms with E-state index in [4.69, 9.17) is 0 Å². The largest absolute Gasteiger partial charge is 0.506 e. The van der Waals surface area contributed by atoms with Crippen LogP contribution in [0, 0.1) is 21.0 Å². The van der Waals surface area contributed by atoms with Gasteiger partial charge < -0.3 is 25.7 Å². The van der Waals surface area contributed by atoms with Gasteiger partial charge >= 0.3 is 0 Å². The lowest BCUT2D eigenvalue weighted by atomic mass is 9.92. The molecule has 172 valence electrons. The van der Waals surface area contributed by atoms with Gasteiger partial charge in [0, 0.05) is 10.1 Å². The second-order valence-electron chi connectivity index (χ2n) is 7.79. The van der Waals surface area contributed by atoms with Crippen molar-refractivity contribution in [1.82, 2.24) is 4.90 Å². The van der Waals surface area contributed by atoms with E-state index in [1.807, 2.05) is 22.6 Å². The Kier molecular flexibility index (Phi) is 6.39. The fourth-order valence-electron chi connectivity index (χ4n) is 3.55. The van der Waals surface area contributed by atoms with E-state index in [9.17, 15) is 28.2 Å². The lowest BCUT2D eigenvalue weighted by molar-refractivity contribution is -0.0706. The fourth-order valence-corrected chi connectivity index (χ4v) is 4.00. The monoisotopic (exact) mass is 569 g/mol. The average molecular weight is 569 g/mol. The third kappa shape index (κ3) is 4.86. The third-order valence-corrected chi connectivity index (χ3v) is 5.96. The van der Waals surface area contributed by atoms with E-state index < -0.39 is 34.6 Å². The van der Waals surface area contributed by atoms with Crippen LogP contribution in [0.25, 0.3) is 0 Å². The Bertz CT molecular complexity index is 1220. The molecular formula is C23H19F3IN3O3. The van der Waals surface area contributed by atoms with Gasteiger partial charge in [0.25, 0.3) is 5.91 Å². The van der Waals surface area contributed by atoms with Crippen molar-refractivity contribution in [2.45, 2.75) is 5.60 Å². The van der Waals surface area contributed by atoms with Gasteiger partial charge in [0.05, 0.1) is 35.7 Å². The summed E-state index contributed by atoms with van der Waals surface area (Å²) in [6.07, 6.45) is 0. The van der Waals surface area contributed by atoms with E-state index >= 15 is 0 Å². The van der Waals surface area contributed by atoms with Crippen LogP contribution in [0.15, 0.2) is 54.6 Å². The maximum Gasteiger partial charge on any atom is 0.256 e. The Morgan fingerprint density at radius 1 is 1.03 bits per heavy atom. The number of para-hydroxylation sites is 2. The number of anilines is 3. The molecule has 1 saturated heterocycles. The van der Waals surface area contributed by atoms with Gasteiger partial charge in [0.15, 0.2) is 11.6 Å². The summed E-state index contributed by atoms with van der Waals surface area (Å²) in [5.41, 5.74) is -1.62. The van der Waals surface area contributed by atoms with E-state index in [2.05, 4.69) is 10.6 Å². The van der Waals surface area contributed by atoms with Crippen molar-refractivity contribution in [3.8, 4) is 5.75 Å². The summed E-state index contributed by atoms with van der Waals surface area (Å²) in [6.45, 7) is -0.0728. The van der Waals surface area contributed by atoms with Crippen LogP contribution >= 0.6 is 22.6 Å². The van der Waals surface area contributed by atoms with Crippen molar-refractivity contribution in [1.29, 1.82) is 0 Å². The highest BCUT2D eigenvalue weighted by molar-refractivity contribution is 14.1. The van der Waals surface area contributed by atoms with Gasteiger partial charge in [0.1, 0.15) is 17.2 Å². The van der Waals surface area contributed by atoms with Crippen molar-refractivity contribution < 1.29 is 28.2 Å². The third-order valence-electron chi connectivity index (χ3n) is 5.29. The second-order valence-corrected chi connectivity index (χ2v) is 9.03. The molecule has 0 unspecified atom stereocenters. The van der Waals surface area contributed by atoms with Gasteiger partial charge in [0.2, 0.25) is 0 Å². The van der Waals surface area contributed by atoms with E-state index in [-0.39, 0.29) is 36.6 Å². The lowest BCUT2D eigenvalue weighted by Crippen LogP contribution is -2.66. The van der Waals surface area contributed by atoms with Gasteiger partial charge in [-0.15, -0.1) is 0 Å². The van der Waals surface area contributed by atoms with Crippen molar-refractivity contribution in [3.05, 3.63) is 81.2 Å². The maximum absolute atomic E-state index is 14.6. The molecule has 1 amide bonds. The van der Waals surface area contributed by atoms with Crippen molar-refractivity contribution >= 4 is 45.6 Å². The summed E-state index contributed by atoms with van der Waals surface area (Å²) >= 11 is 1.91. The van der Waals surface area contributed by atoms with Gasteiger partial charge in [-0.05, 0) is 65.1 Å². The molecule has 0 aliphatic carbocycles. The molecule has 1 heterocycles. The highest BCUT2D eigenvalue weighted by atomic mass is 127. The molecule has 3 aromatic carbocycles. The van der Waals surface area contributed by atoms with Crippen LogP contribution < -0.4 is 10.6 Å². The number of phenols is 1. The van der Waals surface area contributed by atoms with E-state index in [1.54, 1.807) is 24.3 Å². The number of phenolic OH excluding ortho intramolecular Hbond substituents is 1. The number of aliphatic hydroxyl groups is 1. The summed E-state index contributed by atoms with van der Waals surface area (Å²) in [5, 5.41) is 25.9. The Hall–Kier alpha value is -2.99. The number of likely N-dealkylation sites (tertiary alicyclic amines) is 1. The molecule has 4 N–H and O–H groups in total. The molecule has 0 bridgehead atoms. The average Bonchev–Trinajstić information content (AvgIpc) is 2.76. The molecule has 33 heavy (non-hydrogen) atoms. The molecule has 1 aliphatic heterocycles. The molecule has 0 saturated carbocycles. The smallest absolute Gasteiger partial charge is 0.256 e. The van der Waals surface area contributed by atoms with Crippen LogP contribution in [-0.4, -0.2) is 46.3 Å². The summed E-state index contributed by atoms with van der Waals surface area (Å²) in [6, 6.07) is 12.6. The minimum atomic E-state index is -1.31. The van der Waals surface area contributed by atoms with Gasteiger partial charge in [-0.1, -0.05) is 12.1 Å². The number of hydrogen-bond donors (Lipinski definition) is 4. The molecule has 10 heteroatoms. The first-order valence-corrected chi connectivity index (χ1v) is 11.0. The number of carbonyl (C=O) groups is 1. The standard InChI is InChI=1S/C23H19F3IN3O3/c24-15-7-6-14(21(20(15)26)29-17-8-5-13(27)9-16(17)25)22(32)30-11-23(33,12-30)10-28-18-3-1-2-4-19(18)31/h1-9,28-29,31,33H,10-12H2. The molecule has 0 aromatic heterocycles. The number of hydrogen-bond acceptors (Lipinski definition) is 5. The number of aromatic hydroxyl groups is 1. The number of amides is 1. The highest BCUT2D eigenvalue weighted by Crippen LogP contribution is 2.32. The first kappa shape index (κ1) is 23.2. The minimum absolute atomic E-state index is 0.0219. The van der Waals surface area contributed by atoms with E-state index in [0.717, 1.165) is 12.1 Å². The predicted octanol–water partition coefficient (Wildman–Crippen LogP) is 4.46. The normalized spacial score (nSPS) is 14.5. The van der Waals surface area contributed by atoms with Crippen LogP contribution in [0.4, 0.5) is 30.2 Å². The zero-order valence-corrected chi connectivity index (χ0v) is 19.2. The van der Waals surface area contributed by atoms with Crippen LogP contribution in [0.5, 0.6) is 5.75 Å². The fraction of sp³-hybridized carbons (Fsp3) is 0.174. The number of halogens is 4. The van der Waals surface area contributed by atoms with Crippen LogP contribution in [0.3, 0.4) is 0 Å². The zero-order chi connectivity index (χ0) is 23.8. The van der Waals surface area contributed by atoms with Crippen LogP contribution in [0.2, 0.25) is 0 Å². The first-order chi connectivity index (χ1) is 15.7. The molecule has 3 aromatic rings. The number of nitrogens with one attached hydrogen (secondary N) is 2. The summed E-state index contributed by atoms with van der Waals surface area (Å²) in [4.78, 5) is 14.3. The Morgan fingerprint density at radius 3 is 2.45 bits per heavy atom. The Morgan fingerprint density at radius 2 is 1.76 bits per heavy atom. The van der Waals surface area contributed by atoms with E-state index in [1.165, 1.54) is 23.1 Å². The molecule has 0 spiro atoms. The number of β-amino-alcohol motifs (C(OH)–C–C–N with tert-alkyl or cyclic N) is 1. The molecule has 6 nitrogen and oxygen atoms in total. The van der Waals surface area contributed by atoms with Crippen molar-refractivity contribution in [2.75, 3.05) is 30.3 Å². The van der Waals surface area contributed by atoms with Crippen LogP contribution in [0.1, 0.15) is 10.4 Å². The van der Waals surface area contributed by atoms with Crippen molar-refractivity contribution in [3.63, 3.8) is 0 Å².